The minimum absolute atomic E-state index is 0.492. The Hall–Kier alpha value is -1.10. The fraction of sp³-hybridized carbons (Fsp3) is 0.818. The monoisotopic (exact) mass is 224 g/mol. The average molecular weight is 224 g/mol. The predicted octanol–water partition coefficient (Wildman–Crippen LogP) is 1.78. The molecule has 16 heavy (non-hydrogen) atoms. The lowest BCUT2D eigenvalue weighted by Gasteiger charge is -2.26. The highest BCUT2D eigenvalue weighted by Crippen LogP contribution is 2.25. The zero-order valence-corrected chi connectivity index (χ0v) is 9.99. The summed E-state index contributed by atoms with van der Waals surface area (Å²) in [5, 5.41) is 14.2. The van der Waals surface area contributed by atoms with Gasteiger partial charge in [0.25, 0.3) is 0 Å². The average Bonchev–Trinajstić information content (AvgIpc) is 2.66. The molecule has 0 radical (unpaired) electrons. The first-order valence-corrected chi connectivity index (χ1v) is 6.01. The van der Waals surface area contributed by atoms with E-state index in [4.69, 9.17) is 4.42 Å². The Morgan fingerprint density at radius 3 is 3.00 bits per heavy atom. The van der Waals surface area contributed by atoms with Gasteiger partial charge in [0.1, 0.15) is 0 Å². The van der Waals surface area contributed by atoms with Crippen LogP contribution in [-0.4, -0.2) is 23.3 Å². The van der Waals surface area contributed by atoms with Crippen molar-refractivity contribution in [2.45, 2.75) is 45.2 Å². The molecule has 1 aromatic rings. The highest BCUT2D eigenvalue weighted by atomic mass is 16.4. The molecule has 2 unspecified atom stereocenters. The van der Waals surface area contributed by atoms with Crippen LogP contribution in [0.4, 0.5) is 6.01 Å². The van der Waals surface area contributed by atoms with Gasteiger partial charge >= 0.3 is 6.01 Å². The Labute approximate surface area is 96.0 Å². The summed E-state index contributed by atoms with van der Waals surface area (Å²) in [6.45, 7) is 2.92. The predicted molar refractivity (Wildman–Crippen MR) is 62.1 cm³/mol. The van der Waals surface area contributed by atoms with E-state index in [-0.39, 0.29) is 0 Å². The smallest absolute Gasteiger partial charge is 0.315 e. The fourth-order valence-electron chi connectivity index (χ4n) is 2.27. The number of nitrogens with zero attached hydrogens (tertiary/aromatic N) is 2. The van der Waals surface area contributed by atoms with Crippen molar-refractivity contribution < 1.29 is 4.42 Å². The van der Waals surface area contributed by atoms with Crippen molar-refractivity contribution in [3.8, 4) is 0 Å². The normalized spacial score (nSPS) is 25.6. The van der Waals surface area contributed by atoms with Gasteiger partial charge in [-0.3, -0.25) is 0 Å². The van der Waals surface area contributed by atoms with E-state index in [2.05, 4.69) is 27.8 Å². The molecule has 2 rings (SSSR count). The first kappa shape index (κ1) is 11.4. The molecule has 1 heterocycles. The second-order valence-corrected chi connectivity index (χ2v) is 4.64. The zero-order valence-electron chi connectivity index (χ0n) is 9.99. The van der Waals surface area contributed by atoms with Crippen molar-refractivity contribution >= 4 is 6.01 Å². The van der Waals surface area contributed by atoms with Crippen LogP contribution in [0.2, 0.25) is 0 Å². The van der Waals surface area contributed by atoms with Crippen LogP contribution in [0.3, 0.4) is 0 Å². The van der Waals surface area contributed by atoms with Crippen LogP contribution in [-0.2, 0) is 6.54 Å². The van der Waals surface area contributed by atoms with Gasteiger partial charge < -0.3 is 15.1 Å². The summed E-state index contributed by atoms with van der Waals surface area (Å²) < 4.78 is 5.47. The van der Waals surface area contributed by atoms with Gasteiger partial charge in [-0.25, -0.2) is 0 Å². The number of rotatable bonds is 4. The van der Waals surface area contributed by atoms with Gasteiger partial charge in [0, 0.05) is 6.04 Å². The topological polar surface area (TPSA) is 63.0 Å². The molecule has 5 heteroatoms. The van der Waals surface area contributed by atoms with Crippen LogP contribution < -0.4 is 10.6 Å². The maximum absolute atomic E-state index is 5.47. The molecule has 0 saturated heterocycles. The molecule has 1 aromatic heterocycles. The molecule has 1 aliphatic rings. The van der Waals surface area contributed by atoms with Crippen LogP contribution in [0.5, 0.6) is 0 Å². The summed E-state index contributed by atoms with van der Waals surface area (Å²) in [6, 6.07) is 1.05. The fourth-order valence-corrected chi connectivity index (χ4v) is 2.27. The van der Waals surface area contributed by atoms with E-state index < -0.39 is 0 Å². The van der Waals surface area contributed by atoms with Crippen LogP contribution in [0.15, 0.2) is 4.42 Å². The minimum Gasteiger partial charge on any atom is -0.407 e. The standard InChI is InChI=1S/C11H20N4O/c1-8-4-3-5-9(6-8)13-11-15-14-10(16-11)7-12-2/h8-9,12H,3-7H2,1-2H3,(H,13,15). The summed E-state index contributed by atoms with van der Waals surface area (Å²) >= 11 is 0. The van der Waals surface area contributed by atoms with Gasteiger partial charge in [-0.05, 0) is 25.8 Å². The third-order valence-corrected chi connectivity index (χ3v) is 3.06. The Kier molecular flexibility index (Phi) is 3.77. The zero-order chi connectivity index (χ0) is 11.4. The van der Waals surface area contributed by atoms with Crippen molar-refractivity contribution in [2.24, 2.45) is 5.92 Å². The Bertz CT molecular complexity index is 326. The van der Waals surface area contributed by atoms with Gasteiger partial charge in [0.15, 0.2) is 0 Å². The van der Waals surface area contributed by atoms with E-state index in [9.17, 15) is 0 Å². The Morgan fingerprint density at radius 1 is 1.38 bits per heavy atom. The molecule has 0 aromatic carbocycles. The van der Waals surface area contributed by atoms with Crippen LogP contribution in [0.25, 0.3) is 0 Å². The molecular formula is C11H20N4O. The highest BCUT2D eigenvalue weighted by Gasteiger charge is 2.20. The van der Waals surface area contributed by atoms with Gasteiger partial charge in [-0.15, -0.1) is 5.10 Å². The van der Waals surface area contributed by atoms with E-state index >= 15 is 0 Å². The third kappa shape index (κ3) is 2.95. The molecule has 0 bridgehead atoms. The summed E-state index contributed by atoms with van der Waals surface area (Å²) in [5.41, 5.74) is 0. The molecule has 1 aliphatic carbocycles. The lowest BCUT2D eigenvalue weighted by atomic mass is 9.87. The molecule has 1 fully saturated rings. The Morgan fingerprint density at radius 2 is 2.25 bits per heavy atom. The lowest BCUT2D eigenvalue weighted by Crippen LogP contribution is -2.26. The molecule has 5 nitrogen and oxygen atoms in total. The summed E-state index contributed by atoms with van der Waals surface area (Å²) in [7, 11) is 1.86. The highest BCUT2D eigenvalue weighted by molar-refractivity contribution is 5.19. The quantitative estimate of drug-likeness (QED) is 0.816. The number of anilines is 1. The van der Waals surface area contributed by atoms with Crippen LogP contribution in [0.1, 0.15) is 38.5 Å². The first-order chi connectivity index (χ1) is 7.78. The van der Waals surface area contributed by atoms with Crippen molar-refractivity contribution in [1.82, 2.24) is 15.5 Å². The van der Waals surface area contributed by atoms with Crippen molar-refractivity contribution in [3.05, 3.63) is 5.89 Å². The molecular weight excluding hydrogens is 204 g/mol. The molecule has 0 amide bonds. The second-order valence-electron chi connectivity index (χ2n) is 4.64. The Balaban J connectivity index is 1.87. The van der Waals surface area contributed by atoms with E-state index in [0.717, 1.165) is 5.92 Å². The lowest BCUT2D eigenvalue weighted by molar-refractivity contribution is 0.352. The molecule has 1 saturated carbocycles. The number of aromatic nitrogens is 2. The largest absolute Gasteiger partial charge is 0.407 e. The number of hydrogen-bond donors (Lipinski definition) is 2. The van der Waals surface area contributed by atoms with Gasteiger partial charge in [0.2, 0.25) is 5.89 Å². The summed E-state index contributed by atoms with van der Waals surface area (Å²) in [6.07, 6.45) is 5.03. The van der Waals surface area contributed by atoms with Gasteiger partial charge in [-0.2, -0.15) is 0 Å². The van der Waals surface area contributed by atoms with E-state index in [0.29, 0.717) is 24.5 Å². The maximum Gasteiger partial charge on any atom is 0.315 e. The van der Waals surface area contributed by atoms with Crippen LogP contribution in [0, 0.1) is 5.92 Å². The van der Waals surface area contributed by atoms with Crippen LogP contribution >= 0.6 is 0 Å². The molecule has 0 spiro atoms. The molecule has 90 valence electrons. The summed E-state index contributed by atoms with van der Waals surface area (Å²) in [4.78, 5) is 0. The molecule has 2 N–H and O–H groups in total. The van der Waals surface area contributed by atoms with E-state index in [1.807, 2.05) is 7.05 Å². The van der Waals surface area contributed by atoms with Crippen molar-refractivity contribution in [3.63, 3.8) is 0 Å². The number of nitrogens with one attached hydrogen (secondary N) is 2. The SMILES string of the molecule is CNCc1nnc(NC2CCCC(C)C2)o1. The van der Waals surface area contributed by atoms with E-state index in [1.165, 1.54) is 25.7 Å². The first-order valence-electron chi connectivity index (χ1n) is 6.01. The molecule has 0 aliphatic heterocycles. The summed E-state index contributed by atoms with van der Waals surface area (Å²) in [5.74, 6) is 1.43. The van der Waals surface area contributed by atoms with Gasteiger partial charge in [0.05, 0.1) is 6.54 Å². The number of hydrogen-bond acceptors (Lipinski definition) is 5. The maximum atomic E-state index is 5.47. The minimum atomic E-state index is 0.492. The molecule has 2 atom stereocenters. The van der Waals surface area contributed by atoms with E-state index in [1.54, 1.807) is 0 Å². The third-order valence-electron chi connectivity index (χ3n) is 3.06. The second kappa shape index (κ2) is 5.30. The van der Waals surface area contributed by atoms with Crippen molar-refractivity contribution in [1.29, 1.82) is 0 Å². The van der Waals surface area contributed by atoms with Gasteiger partial charge in [-0.1, -0.05) is 24.9 Å². The van der Waals surface area contributed by atoms with Crippen molar-refractivity contribution in [2.75, 3.05) is 12.4 Å².